The Bertz CT molecular complexity index is 282. The van der Waals surface area contributed by atoms with Crippen molar-refractivity contribution in [3.05, 3.63) is 0 Å². The molecule has 1 fully saturated rings. The molecule has 0 aliphatic carbocycles. The van der Waals surface area contributed by atoms with Crippen molar-refractivity contribution in [1.29, 1.82) is 0 Å². The highest BCUT2D eigenvalue weighted by molar-refractivity contribution is 7.91. The molecule has 0 radical (unpaired) electrons. The molecule has 96 valence electrons. The largest absolute Gasteiger partial charge is 0.381 e. The quantitative estimate of drug-likeness (QED) is 0.757. The van der Waals surface area contributed by atoms with E-state index in [9.17, 15) is 8.42 Å². The van der Waals surface area contributed by atoms with Crippen LogP contribution < -0.4 is 5.32 Å². The van der Waals surface area contributed by atoms with Crippen LogP contribution in [0.5, 0.6) is 0 Å². The van der Waals surface area contributed by atoms with E-state index in [0.29, 0.717) is 18.3 Å². The average Bonchev–Trinajstić information content (AvgIpc) is 2.16. The Kier molecular flexibility index (Phi) is 5.72. The Morgan fingerprint density at radius 3 is 2.50 bits per heavy atom. The lowest BCUT2D eigenvalue weighted by molar-refractivity contribution is 0.0785. The molecule has 1 N–H and O–H groups in total. The molecule has 0 atom stereocenters. The Labute approximate surface area is 98.7 Å². The van der Waals surface area contributed by atoms with Gasteiger partial charge in [0.15, 0.2) is 9.84 Å². The van der Waals surface area contributed by atoms with Gasteiger partial charge in [0.25, 0.3) is 0 Å². The lowest BCUT2D eigenvalue weighted by Gasteiger charge is -2.23. The van der Waals surface area contributed by atoms with E-state index in [2.05, 4.69) is 5.32 Å². The van der Waals surface area contributed by atoms with Crippen LogP contribution in [-0.4, -0.2) is 45.7 Å². The van der Waals surface area contributed by atoms with Gasteiger partial charge < -0.3 is 10.1 Å². The van der Waals surface area contributed by atoms with Crippen LogP contribution in [0.1, 0.15) is 26.7 Å². The van der Waals surface area contributed by atoms with Crippen molar-refractivity contribution in [2.45, 2.75) is 32.7 Å². The molecular formula is C11H23NO3S. The second-order valence-electron chi connectivity index (χ2n) is 4.85. The van der Waals surface area contributed by atoms with Crippen LogP contribution in [-0.2, 0) is 14.6 Å². The van der Waals surface area contributed by atoms with Crippen molar-refractivity contribution in [3.8, 4) is 0 Å². The zero-order valence-corrected chi connectivity index (χ0v) is 11.1. The first-order valence-electron chi connectivity index (χ1n) is 6.01. The van der Waals surface area contributed by atoms with Crippen LogP contribution in [0.2, 0.25) is 0 Å². The van der Waals surface area contributed by atoms with E-state index in [4.69, 9.17) is 4.74 Å². The number of hydrogen-bond acceptors (Lipinski definition) is 4. The fourth-order valence-corrected chi connectivity index (χ4v) is 3.52. The van der Waals surface area contributed by atoms with Gasteiger partial charge in [-0.2, -0.15) is 0 Å². The van der Waals surface area contributed by atoms with Crippen LogP contribution in [0, 0.1) is 5.92 Å². The maximum absolute atomic E-state index is 11.6. The summed E-state index contributed by atoms with van der Waals surface area (Å²) in [7, 11) is -2.88. The van der Waals surface area contributed by atoms with E-state index >= 15 is 0 Å². The molecule has 1 aliphatic heterocycles. The molecule has 1 heterocycles. The lowest BCUT2D eigenvalue weighted by Crippen LogP contribution is -2.37. The minimum absolute atomic E-state index is 0.216. The SMILES string of the molecule is CC(C)CS(=O)(=O)CCNC1CCOCC1. The molecule has 0 aromatic carbocycles. The first-order valence-corrected chi connectivity index (χ1v) is 7.83. The normalized spacial score (nSPS) is 19.2. The molecule has 1 aliphatic rings. The first kappa shape index (κ1) is 13.9. The summed E-state index contributed by atoms with van der Waals surface area (Å²) in [5.74, 6) is 0.762. The lowest BCUT2D eigenvalue weighted by atomic mass is 10.1. The van der Waals surface area contributed by atoms with Gasteiger partial charge in [0.05, 0.1) is 11.5 Å². The minimum Gasteiger partial charge on any atom is -0.381 e. The Hall–Kier alpha value is -0.130. The molecule has 0 amide bonds. The molecule has 4 nitrogen and oxygen atoms in total. The Morgan fingerprint density at radius 1 is 1.31 bits per heavy atom. The Balaban J connectivity index is 2.18. The fraction of sp³-hybridized carbons (Fsp3) is 1.00. The second kappa shape index (κ2) is 6.57. The minimum atomic E-state index is -2.88. The van der Waals surface area contributed by atoms with Gasteiger partial charge in [-0.15, -0.1) is 0 Å². The highest BCUT2D eigenvalue weighted by Crippen LogP contribution is 2.06. The molecule has 1 rings (SSSR count). The molecular weight excluding hydrogens is 226 g/mol. The molecule has 1 saturated heterocycles. The average molecular weight is 249 g/mol. The summed E-state index contributed by atoms with van der Waals surface area (Å²) < 4.78 is 28.5. The van der Waals surface area contributed by atoms with Gasteiger partial charge in [-0.1, -0.05) is 13.8 Å². The maximum atomic E-state index is 11.6. The predicted octanol–water partition coefficient (Wildman–Crippen LogP) is 0.826. The molecule has 5 heteroatoms. The third kappa shape index (κ3) is 5.82. The summed E-state index contributed by atoms with van der Waals surface area (Å²) in [4.78, 5) is 0. The number of sulfone groups is 1. The van der Waals surface area contributed by atoms with Crippen molar-refractivity contribution in [2.75, 3.05) is 31.3 Å². The standard InChI is InChI=1S/C11H23NO3S/c1-10(2)9-16(13,14)8-5-12-11-3-6-15-7-4-11/h10-12H,3-9H2,1-2H3. The van der Waals surface area contributed by atoms with Gasteiger partial charge in [-0.25, -0.2) is 8.42 Å². The van der Waals surface area contributed by atoms with E-state index in [1.807, 2.05) is 13.8 Å². The summed E-state index contributed by atoms with van der Waals surface area (Å²) in [5.41, 5.74) is 0. The van der Waals surface area contributed by atoms with Crippen molar-refractivity contribution in [2.24, 2.45) is 5.92 Å². The van der Waals surface area contributed by atoms with Gasteiger partial charge in [-0.3, -0.25) is 0 Å². The van der Waals surface area contributed by atoms with Gasteiger partial charge in [0.2, 0.25) is 0 Å². The van der Waals surface area contributed by atoms with Gasteiger partial charge in [-0.05, 0) is 18.8 Å². The van der Waals surface area contributed by atoms with E-state index in [-0.39, 0.29) is 11.7 Å². The summed E-state index contributed by atoms with van der Waals surface area (Å²) in [6.45, 7) is 6.01. The van der Waals surface area contributed by atoms with Crippen LogP contribution in [0.4, 0.5) is 0 Å². The fourth-order valence-electron chi connectivity index (χ4n) is 1.91. The highest BCUT2D eigenvalue weighted by Gasteiger charge is 2.16. The van der Waals surface area contributed by atoms with E-state index < -0.39 is 9.84 Å². The summed E-state index contributed by atoms with van der Waals surface area (Å²) in [6.07, 6.45) is 1.98. The van der Waals surface area contributed by atoms with Crippen molar-refractivity contribution in [3.63, 3.8) is 0 Å². The molecule has 0 bridgehead atoms. The number of hydrogen-bond donors (Lipinski definition) is 1. The van der Waals surface area contributed by atoms with E-state index in [0.717, 1.165) is 26.1 Å². The van der Waals surface area contributed by atoms with Crippen molar-refractivity contribution < 1.29 is 13.2 Å². The summed E-state index contributed by atoms with van der Waals surface area (Å²) in [6, 6.07) is 0.433. The van der Waals surface area contributed by atoms with Crippen molar-refractivity contribution >= 4 is 9.84 Å². The van der Waals surface area contributed by atoms with Crippen LogP contribution in [0.15, 0.2) is 0 Å². The summed E-state index contributed by atoms with van der Waals surface area (Å²) in [5, 5.41) is 3.29. The zero-order chi connectivity index (χ0) is 12.0. The summed E-state index contributed by atoms with van der Waals surface area (Å²) >= 11 is 0. The van der Waals surface area contributed by atoms with Gasteiger partial charge in [0, 0.05) is 25.8 Å². The van der Waals surface area contributed by atoms with Crippen LogP contribution in [0.3, 0.4) is 0 Å². The third-order valence-electron chi connectivity index (χ3n) is 2.65. The van der Waals surface area contributed by atoms with Crippen LogP contribution >= 0.6 is 0 Å². The molecule has 16 heavy (non-hydrogen) atoms. The molecule has 0 aromatic heterocycles. The molecule has 0 saturated carbocycles. The monoisotopic (exact) mass is 249 g/mol. The van der Waals surface area contributed by atoms with Crippen molar-refractivity contribution in [1.82, 2.24) is 5.32 Å². The number of ether oxygens (including phenoxy) is 1. The smallest absolute Gasteiger partial charge is 0.151 e. The maximum Gasteiger partial charge on any atom is 0.151 e. The second-order valence-corrected chi connectivity index (χ2v) is 7.08. The van der Waals surface area contributed by atoms with Gasteiger partial charge in [0.1, 0.15) is 0 Å². The molecule has 0 unspecified atom stereocenters. The topological polar surface area (TPSA) is 55.4 Å². The van der Waals surface area contributed by atoms with Gasteiger partial charge >= 0.3 is 0 Å². The first-order chi connectivity index (χ1) is 7.49. The highest BCUT2D eigenvalue weighted by atomic mass is 32.2. The number of nitrogens with one attached hydrogen (secondary N) is 1. The zero-order valence-electron chi connectivity index (χ0n) is 10.2. The van der Waals surface area contributed by atoms with E-state index in [1.165, 1.54) is 0 Å². The third-order valence-corrected chi connectivity index (χ3v) is 4.66. The number of rotatable bonds is 6. The predicted molar refractivity (Wildman–Crippen MR) is 65.3 cm³/mol. The molecule has 0 spiro atoms. The van der Waals surface area contributed by atoms with E-state index in [1.54, 1.807) is 0 Å². The molecule has 0 aromatic rings. The Morgan fingerprint density at radius 2 is 1.94 bits per heavy atom. The van der Waals surface area contributed by atoms with Crippen LogP contribution in [0.25, 0.3) is 0 Å².